The first-order chi connectivity index (χ1) is 16.2. The van der Waals surface area contributed by atoms with E-state index in [0.29, 0.717) is 12.8 Å². The van der Waals surface area contributed by atoms with Crippen molar-refractivity contribution in [1.82, 2.24) is 0 Å². The molecular weight excluding hydrogens is 462 g/mol. The highest BCUT2D eigenvalue weighted by molar-refractivity contribution is 6.17. The summed E-state index contributed by atoms with van der Waals surface area (Å²) in [5, 5.41) is 10.6. The number of methoxy groups -OCH3 is 1. The summed E-state index contributed by atoms with van der Waals surface area (Å²) in [5.41, 5.74) is 0.339. The van der Waals surface area contributed by atoms with Crippen molar-refractivity contribution < 1.29 is 46.5 Å². The lowest BCUT2D eigenvalue weighted by Gasteiger charge is -2.27. The van der Waals surface area contributed by atoms with Crippen LogP contribution in [0.4, 0.5) is 23.2 Å². The minimum absolute atomic E-state index is 0.0736. The van der Waals surface area contributed by atoms with Gasteiger partial charge in [-0.15, -0.1) is 0 Å². The Morgan fingerprint density at radius 2 is 1.65 bits per heavy atom. The van der Waals surface area contributed by atoms with Crippen LogP contribution in [0.15, 0.2) is 53.8 Å². The Hall–Kier alpha value is -3.76. The predicted molar refractivity (Wildman–Crippen MR) is 110 cm³/mol. The molecule has 1 heterocycles. The zero-order valence-electron chi connectivity index (χ0n) is 17.7. The average Bonchev–Trinajstić information content (AvgIpc) is 3.60. The molecule has 2 aromatic rings. The number of Topliss-reactive ketones (excluding diaryl/α,β-unsaturated/α-hetero) is 1. The Kier molecular flexibility index (Phi) is 6.36. The summed E-state index contributed by atoms with van der Waals surface area (Å²) < 4.78 is 64.3. The van der Waals surface area contributed by atoms with Crippen LogP contribution in [-0.4, -0.2) is 37.1 Å². The van der Waals surface area contributed by atoms with Gasteiger partial charge in [0, 0.05) is 11.6 Å². The molecular formula is C23H19F4NO6. The first kappa shape index (κ1) is 23.4. The molecule has 180 valence electrons. The molecule has 1 saturated carbocycles. The number of ketones is 1. The molecule has 0 radical (unpaired) electrons. The highest BCUT2D eigenvalue weighted by Crippen LogP contribution is 2.46. The van der Waals surface area contributed by atoms with Crippen LogP contribution in [0.2, 0.25) is 0 Å². The van der Waals surface area contributed by atoms with Crippen LogP contribution in [0.1, 0.15) is 24.4 Å². The minimum Gasteiger partial charge on any atom is -0.503 e. The van der Waals surface area contributed by atoms with E-state index in [1.165, 1.54) is 49.6 Å². The van der Waals surface area contributed by atoms with E-state index >= 15 is 0 Å². The highest BCUT2D eigenvalue weighted by Gasteiger charge is 2.47. The third kappa shape index (κ3) is 4.50. The standard InChI is InChI=1S/C23H19F4NO6/c1-32-16-10-12(4-9-15(16)34-23(26)27)18-17(19(29)11-2-3-11)20(30)21(31)28(18)13-5-7-14(8-6-13)33-22(24)25/h4-11,18,22-23,30H,2-3H2,1H3/t18-/m1/s1. The number of ether oxygens (including phenoxy) is 3. The van der Waals surface area contributed by atoms with E-state index in [0.717, 1.165) is 4.90 Å². The average molecular weight is 481 g/mol. The molecule has 0 spiro atoms. The Balaban J connectivity index is 1.78. The topological polar surface area (TPSA) is 85.3 Å². The van der Waals surface area contributed by atoms with Crippen molar-refractivity contribution in [2.24, 2.45) is 5.92 Å². The number of amides is 1. The number of benzene rings is 2. The van der Waals surface area contributed by atoms with Crippen molar-refractivity contribution in [3.05, 3.63) is 59.4 Å². The summed E-state index contributed by atoms with van der Waals surface area (Å²) in [6.07, 6.45) is 1.22. The fourth-order valence-corrected chi connectivity index (χ4v) is 3.84. The van der Waals surface area contributed by atoms with Gasteiger partial charge in [-0.3, -0.25) is 14.5 Å². The lowest BCUT2D eigenvalue weighted by atomic mass is 9.93. The van der Waals surface area contributed by atoms with Gasteiger partial charge in [-0.1, -0.05) is 6.07 Å². The second-order valence-corrected chi connectivity index (χ2v) is 7.64. The molecule has 1 atom stereocenters. The fraction of sp³-hybridized carbons (Fsp3) is 0.304. The third-order valence-electron chi connectivity index (χ3n) is 5.48. The number of hydrogen-bond donors (Lipinski definition) is 1. The quantitative estimate of drug-likeness (QED) is 0.519. The summed E-state index contributed by atoms with van der Waals surface area (Å²) in [6.45, 7) is -6.14. The number of nitrogens with zero attached hydrogens (tertiary/aromatic N) is 1. The van der Waals surface area contributed by atoms with Crippen molar-refractivity contribution >= 4 is 17.4 Å². The van der Waals surface area contributed by atoms with Crippen LogP contribution in [0, 0.1) is 5.92 Å². The van der Waals surface area contributed by atoms with Crippen LogP contribution in [-0.2, 0) is 9.59 Å². The molecule has 1 amide bonds. The summed E-state index contributed by atoms with van der Waals surface area (Å²) >= 11 is 0. The van der Waals surface area contributed by atoms with Gasteiger partial charge >= 0.3 is 13.2 Å². The number of carbonyl (C=O) groups is 2. The first-order valence-corrected chi connectivity index (χ1v) is 10.2. The predicted octanol–water partition coefficient (Wildman–Crippen LogP) is 4.78. The van der Waals surface area contributed by atoms with E-state index in [9.17, 15) is 32.3 Å². The van der Waals surface area contributed by atoms with E-state index in [1.807, 2.05) is 0 Å². The largest absolute Gasteiger partial charge is 0.503 e. The molecule has 0 saturated heterocycles. The van der Waals surface area contributed by atoms with E-state index in [1.54, 1.807) is 0 Å². The van der Waals surface area contributed by atoms with E-state index < -0.39 is 36.7 Å². The number of aliphatic hydroxyl groups excluding tert-OH is 1. The Bertz CT molecular complexity index is 1130. The molecule has 4 rings (SSSR count). The van der Waals surface area contributed by atoms with Gasteiger partial charge in [-0.25, -0.2) is 0 Å². The zero-order chi connectivity index (χ0) is 24.6. The van der Waals surface area contributed by atoms with Crippen LogP contribution in [0.3, 0.4) is 0 Å². The van der Waals surface area contributed by atoms with Crippen molar-refractivity contribution in [1.29, 1.82) is 0 Å². The van der Waals surface area contributed by atoms with Crippen molar-refractivity contribution in [3.63, 3.8) is 0 Å². The number of hydrogen-bond acceptors (Lipinski definition) is 6. The van der Waals surface area contributed by atoms with Gasteiger partial charge < -0.3 is 19.3 Å². The second kappa shape index (κ2) is 9.24. The van der Waals surface area contributed by atoms with E-state index in [4.69, 9.17) is 4.74 Å². The SMILES string of the molecule is COc1cc([C@@H]2C(C(=O)C3CC3)=C(O)C(=O)N2c2ccc(OC(F)F)cc2)ccc1OC(F)F. The number of alkyl halides is 4. The molecule has 1 aliphatic heterocycles. The molecule has 1 N–H and O–H groups in total. The summed E-state index contributed by atoms with van der Waals surface area (Å²) in [5.74, 6) is -2.82. The molecule has 0 unspecified atom stereocenters. The van der Waals surface area contributed by atoms with Gasteiger partial charge in [0.05, 0.1) is 18.7 Å². The molecule has 0 bridgehead atoms. The lowest BCUT2D eigenvalue weighted by molar-refractivity contribution is -0.118. The highest BCUT2D eigenvalue weighted by atomic mass is 19.3. The van der Waals surface area contributed by atoms with Crippen molar-refractivity contribution in [2.75, 3.05) is 12.0 Å². The van der Waals surface area contributed by atoms with Gasteiger partial charge in [-0.05, 0) is 54.8 Å². The lowest BCUT2D eigenvalue weighted by Crippen LogP contribution is -2.31. The third-order valence-corrected chi connectivity index (χ3v) is 5.48. The van der Waals surface area contributed by atoms with Crippen LogP contribution >= 0.6 is 0 Å². The van der Waals surface area contributed by atoms with Gasteiger partial charge in [0.1, 0.15) is 5.75 Å². The van der Waals surface area contributed by atoms with E-state index in [-0.39, 0.29) is 40.0 Å². The smallest absolute Gasteiger partial charge is 0.387 e. The van der Waals surface area contributed by atoms with Crippen LogP contribution < -0.4 is 19.1 Å². The van der Waals surface area contributed by atoms with Crippen LogP contribution in [0.5, 0.6) is 17.2 Å². The number of aliphatic hydroxyl groups is 1. The summed E-state index contributed by atoms with van der Waals surface area (Å²) in [6, 6.07) is 7.87. The second-order valence-electron chi connectivity index (χ2n) is 7.64. The molecule has 0 aromatic heterocycles. The molecule has 2 aliphatic rings. The maximum atomic E-state index is 13.0. The summed E-state index contributed by atoms with van der Waals surface area (Å²) in [7, 11) is 1.24. The normalized spacial score (nSPS) is 18.1. The molecule has 11 heteroatoms. The summed E-state index contributed by atoms with van der Waals surface area (Å²) in [4.78, 5) is 27.2. The molecule has 34 heavy (non-hydrogen) atoms. The Morgan fingerprint density at radius 3 is 2.21 bits per heavy atom. The first-order valence-electron chi connectivity index (χ1n) is 10.2. The van der Waals surface area contributed by atoms with Gasteiger partial charge in [0.25, 0.3) is 5.91 Å². The Morgan fingerprint density at radius 1 is 1.00 bits per heavy atom. The minimum atomic E-state index is -3.10. The van der Waals surface area contributed by atoms with Gasteiger partial charge in [-0.2, -0.15) is 17.6 Å². The molecule has 1 fully saturated rings. The number of rotatable bonds is 9. The Labute approximate surface area is 191 Å². The number of anilines is 1. The molecule has 2 aromatic carbocycles. The fourth-order valence-electron chi connectivity index (χ4n) is 3.84. The monoisotopic (exact) mass is 481 g/mol. The number of halogens is 4. The van der Waals surface area contributed by atoms with Crippen LogP contribution in [0.25, 0.3) is 0 Å². The van der Waals surface area contributed by atoms with Gasteiger partial charge in [0.2, 0.25) is 0 Å². The van der Waals surface area contributed by atoms with Gasteiger partial charge in [0.15, 0.2) is 23.0 Å². The van der Waals surface area contributed by atoms with Crippen molar-refractivity contribution in [3.8, 4) is 17.2 Å². The maximum Gasteiger partial charge on any atom is 0.387 e. The van der Waals surface area contributed by atoms with Crippen molar-refractivity contribution in [2.45, 2.75) is 32.1 Å². The zero-order valence-corrected chi connectivity index (χ0v) is 17.7. The maximum absolute atomic E-state index is 13.0. The van der Waals surface area contributed by atoms with E-state index in [2.05, 4.69) is 9.47 Å². The molecule has 7 nitrogen and oxygen atoms in total. The molecule has 1 aliphatic carbocycles. The number of carbonyl (C=O) groups excluding carboxylic acids is 2.